The Hall–Kier alpha value is -2.12. The van der Waals surface area contributed by atoms with Crippen LogP contribution in [0.2, 0.25) is 0 Å². The van der Waals surface area contributed by atoms with Crippen LogP contribution in [0.15, 0.2) is 18.7 Å². The lowest BCUT2D eigenvalue weighted by Crippen LogP contribution is -2.23. The molecule has 1 heterocycles. The normalized spacial score (nSPS) is 12.5. The first kappa shape index (κ1) is 14.3. The molecule has 1 unspecified atom stereocenters. The van der Waals surface area contributed by atoms with Gasteiger partial charge in [-0.15, -0.1) is 0 Å². The van der Waals surface area contributed by atoms with Crippen molar-refractivity contribution in [2.75, 3.05) is 5.32 Å². The highest BCUT2D eigenvalue weighted by atomic mass is 19.2. The number of imidazole rings is 1. The molecule has 0 aliphatic carbocycles. The minimum absolute atomic E-state index is 0.249. The number of hydrogen-bond donors (Lipinski definition) is 1. The summed E-state index contributed by atoms with van der Waals surface area (Å²) in [6.07, 6.45) is 4.58. The molecule has 2 aromatic rings. The Balaban J connectivity index is 2.25. The highest BCUT2D eigenvalue weighted by Gasteiger charge is 2.26. The molecule has 8 heteroatoms. The molecular formula is C12H10F5N3. The number of rotatable bonds is 4. The van der Waals surface area contributed by atoms with Crippen LogP contribution in [0.5, 0.6) is 0 Å². The summed E-state index contributed by atoms with van der Waals surface area (Å²) in [6, 6.07) is -0.572. The van der Waals surface area contributed by atoms with E-state index in [0.717, 1.165) is 0 Å². The molecule has 1 atom stereocenters. The van der Waals surface area contributed by atoms with Crippen LogP contribution in [0.3, 0.4) is 0 Å². The quantitative estimate of drug-likeness (QED) is 0.533. The van der Waals surface area contributed by atoms with E-state index < -0.39 is 40.8 Å². The number of benzene rings is 1. The SMILES string of the molecule is CC(Cn1ccnc1)Nc1c(F)c(F)c(F)c(F)c1F. The van der Waals surface area contributed by atoms with Gasteiger partial charge in [-0.2, -0.15) is 0 Å². The van der Waals surface area contributed by atoms with Crippen LogP contribution in [0.4, 0.5) is 27.6 Å². The zero-order chi connectivity index (χ0) is 14.9. The zero-order valence-electron chi connectivity index (χ0n) is 10.3. The third-order valence-electron chi connectivity index (χ3n) is 2.64. The smallest absolute Gasteiger partial charge is 0.200 e. The van der Waals surface area contributed by atoms with Crippen molar-refractivity contribution in [2.45, 2.75) is 19.5 Å². The Bertz CT molecular complexity index is 583. The molecule has 0 aliphatic heterocycles. The van der Waals surface area contributed by atoms with Crippen LogP contribution >= 0.6 is 0 Å². The van der Waals surface area contributed by atoms with Gasteiger partial charge in [-0.3, -0.25) is 0 Å². The van der Waals surface area contributed by atoms with E-state index in [9.17, 15) is 22.0 Å². The number of hydrogen-bond acceptors (Lipinski definition) is 2. The van der Waals surface area contributed by atoms with Crippen LogP contribution in [0.1, 0.15) is 6.92 Å². The van der Waals surface area contributed by atoms with Gasteiger partial charge in [-0.25, -0.2) is 26.9 Å². The molecule has 1 aromatic carbocycles. The molecule has 108 valence electrons. The lowest BCUT2D eigenvalue weighted by atomic mass is 10.2. The van der Waals surface area contributed by atoms with Gasteiger partial charge in [0.1, 0.15) is 5.69 Å². The van der Waals surface area contributed by atoms with E-state index in [0.29, 0.717) is 0 Å². The average Bonchev–Trinajstić information content (AvgIpc) is 2.92. The van der Waals surface area contributed by atoms with Crippen LogP contribution in [-0.4, -0.2) is 15.6 Å². The highest BCUT2D eigenvalue weighted by molar-refractivity contribution is 5.48. The van der Waals surface area contributed by atoms with Crippen LogP contribution < -0.4 is 5.32 Å². The van der Waals surface area contributed by atoms with Crippen molar-refractivity contribution >= 4 is 5.69 Å². The molecular weight excluding hydrogens is 281 g/mol. The Morgan fingerprint density at radius 1 is 1.05 bits per heavy atom. The maximum Gasteiger partial charge on any atom is 0.200 e. The molecule has 1 N–H and O–H groups in total. The Morgan fingerprint density at radius 3 is 2.10 bits per heavy atom. The summed E-state index contributed by atoms with van der Waals surface area (Å²) in [6.45, 7) is 1.79. The molecule has 0 saturated carbocycles. The molecule has 0 aliphatic rings. The van der Waals surface area contributed by atoms with Gasteiger partial charge in [0.15, 0.2) is 23.3 Å². The van der Waals surface area contributed by atoms with Crippen molar-refractivity contribution in [1.82, 2.24) is 9.55 Å². The van der Waals surface area contributed by atoms with Gasteiger partial charge in [-0.05, 0) is 6.92 Å². The fraction of sp³-hybridized carbons (Fsp3) is 0.250. The summed E-state index contributed by atoms with van der Waals surface area (Å²) in [5, 5.41) is 2.28. The van der Waals surface area contributed by atoms with Gasteiger partial charge in [0.2, 0.25) is 5.82 Å². The van der Waals surface area contributed by atoms with E-state index in [2.05, 4.69) is 10.3 Å². The van der Waals surface area contributed by atoms with E-state index in [1.165, 1.54) is 19.4 Å². The second-order valence-corrected chi connectivity index (χ2v) is 4.25. The molecule has 0 amide bonds. The van der Waals surface area contributed by atoms with E-state index in [1.54, 1.807) is 10.8 Å². The Kier molecular flexibility index (Phi) is 3.91. The lowest BCUT2D eigenvalue weighted by Gasteiger charge is -2.17. The monoisotopic (exact) mass is 291 g/mol. The summed E-state index contributed by atoms with van der Waals surface area (Å²) in [5.74, 6) is -9.87. The summed E-state index contributed by atoms with van der Waals surface area (Å²) in [7, 11) is 0. The third kappa shape index (κ3) is 2.59. The molecule has 0 saturated heterocycles. The average molecular weight is 291 g/mol. The first-order valence-corrected chi connectivity index (χ1v) is 5.65. The minimum atomic E-state index is -2.17. The molecule has 0 fully saturated rings. The summed E-state index contributed by atoms with van der Waals surface area (Å²) >= 11 is 0. The molecule has 2 rings (SSSR count). The largest absolute Gasteiger partial charge is 0.376 e. The van der Waals surface area contributed by atoms with E-state index in [-0.39, 0.29) is 6.54 Å². The second-order valence-electron chi connectivity index (χ2n) is 4.25. The predicted molar refractivity (Wildman–Crippen MR) is 61.5 cm³/mol. The third-order valence-corrected chi connectivity index (χ3v) is 2.64. The minimum Gasteiger partial charge on any atom is -0.376 e. The van der Waals surface area contributed by atoms with Crippen molar-refractivity contribution in [3.63, 3.8) is 0 Å². The fourth-order valence-electron chi connectivity index (χ4n) is 1.73. The molecule has 0 bridgehead atoms. The Morgan fingerprint density at radius 2 is 1.60 bits per heavy atom. The molecule has 0 spiro atoms. The number of halogens is 5. The van der Waals surface area contributed by atoms with Gasteiger partial charge >= 0.3 is 0 Å². The van der Waals surface area contributed by atoms with Gasteiger partial charge in [0.25, 0.3) is 0 Å². The van der Waals surface area contributed by atoms with Gasteiger partial charge in [0, 0.05) is 25.0 Å². The summed E-state index contributed by atoms with van der Waals surface area (Å²) in [5.41, 5.74) is -1.03. The lowest BCUT2D eigenvalue weighted by molar-refractivity contribution is 0.380. The maximum atomic E-state index is 13.4. The topological polar surface area (TPSA) is 29.9 Å². The first-order valence-electron chi connectivity index (χ1n) is 5.65. The van der Waals surface area contributed by atoms with E-state index >= 15 is 0 Å². The second kappa shape index (κ2) is 5.48. The van der Waals surface area contributed by atoms with Gasteiger partial charge in [-0.1, -0.05) is 0 Å². The summed E-state index contributed by atoms with van der Waals surface area (Å²) in [4.78, 5) is 3.77. The maximum absolute atomic E-state index is 13.4. The zero-order valence-corrected chi connectivity index (χ0v) is 10.3. The number of nitrogens with one attached hydrogen (secondary N) is 1. The predicted octanol–water partition coefficient (Wildman–Crippen LogP) is 3.08. The molecule has 20 heavy (non-hydrogen) atoms. The molecule has 0 radical (unpaired) electrons. The van der Waals surface area contributed by atoms with Gasteiger partial charge in [0.05, 0.1) is 6.33 Å². The number of aromatic nitrogens is 2. The summed E-state index contributed by atoms with van der Waals surface area (Å²) < 4.78 is 67.4. The van der Waals surface area contributed by atoms with Crippen molar-refractivity contribution in [3.8, 4) is 0 Å². The number of nitrogens with zero attached hydrogens (tertiary/aromatic N) is 2. The molecule has 1 aromatic heterocycles. The fourth-order valence-corrected chi connectivity index (χ4v) is 1.73. The Labute approximate surface area is 111 Å². The van der Waals surface area contributed by atoms with Crippen LogP contribution in [-0.2, 0) is 6.54 Å². The van der Waals surface area contributed by atoms with Crippen LogP contribution in [0.25, 0.3) is 0 Å². The standard InChI is InChI=1S/C12H10F5N3/c1-6(4-20-3-2-18-5-20)19-12-10(16)8(14)7(13)9(15)11(12)17/h2-3,5-6,19H,4H2,1H3. The van der Waals surface area contributed by atoms with Gasteiger partial charge < -0.3 is 9.88 Å². The van der Waals surface area contributed by atoms with Crippen molar-refractivity contribution in [2.24, 2.45) is 0 Å². The van der Waals surface area contributed by atoms with Crippen molar-refractivity contribution < 1.29 is 22.0 Å². The first-order chi connectivity index (χ1) is 9.41. The van der Waals surface area contributed by atoms with Crippen molar-refractivity contribution in [1.29, 1.82) is 0 Å². The van der Waals surface area contributed by atoms with Crippen LogP contribution in [0, 0.1) is 29.1 Å². The molecule has 3 nitrogen and oxygen atoms in total. The number of anilines is 1. The highest BCUT2D eigenvalue weighted by Crippen LogP contribution is 2.27. The van der Waals surface area contributed by atoms with Crippen molar-refractivity contribution in [3.05, 3.63) is 47.8 Å². The van der Waals surface area contributed by atoms with E-state index in [1.807, 2.05) is 0 Å². The van der Waals surface area contributed by atoms with E-state index in [4.69, 9.17) is 0 Å².